The molecule has 2 heterocycles. The van der Waals surface area contributed by atoms with Gasteiger partial charge in [-0.2, -0.15) is 0 Å². The lowest BCUT2D eigenvalue weighted by molar-refractivity contribution is 0.0398. The third-order valence-corrected chi connectivity index (χ3v) is 3.08. The second-order valence-corrected chi connectivity index (χ2v) is 4.28. The molecule has 1 aliphatic rings. The molecule has 98 valence electrons. The molecule has 0 radical (unpaired) electrons. The number of carbonyl (C=O) groups is 1. The summed E-state index contributed by atoms with van der Waals surface area (Å²) >= 11 is 5.81. The number of hydrogen-bond donors (Lipinski definition) is 1. The van der Waals surface area contributed by atoms with Crippen LogP contribution in [0.1, 0.15) is 10.4 Å². The molecule has 1 aliphatic heterocycles. The molecular weight excluding hydrogens is 256 g/mol. The highest BCUT2D eigenvalue weighted by Crippen LogP contribution is 2.16. The van der Waals surface area contributed by atoms with Crippen LogP contribution in [0.15, 0.2) is 6.33 Å². The van der Waals surface area contributed by atoms with Crippen LogP contribution in [0.5, 0.6) is 0 Å². The van der Waals surface area contributed by atoms with Crippen LogP contribution >= 0.6 is 11.6 Å². The van der Waals surface area contributed by atoms with Gasteiger partial charge in [0.05, 0.1) is 18.8 Å². The number of aromatic nitrogens is 2. The average Bonchev–Trinajstić information content (AvgIpc) is 2.40. The SMILES string of the molecule is O=Cc1c(Cl)ncnc1NCCN1CCOCC1. The van der Waals surface area contributed by atoms with Gasteiger partial charge in [-0.15, -0.1) is 0 Å². The maximum atomic E-state index is 10.9. The van der Waals surface area contributed by atoms with Crippen molar-refractivity contribution in [3.8, 4) is 0 Å². The molecule has 0 aliphatic carbocycles. The summed E-state index contributed by atoms with van der Waals surface area (Å²) < 4.78 is 5.27. The minimum absolute atomic E-state index is 0.175. The normalized spacial score (nSPS) is 16.5. The molecule has 1 fully saturated rings. The molecule has 0 bridgehead atoms. The summed E-state index contributed by atoms with van der Waals surface area (Å²) in [6.07, 6.45) is 2.01. The van der Waals surface area contributed by atoms with Gasteiger partial charge in [0.15, 0.2) is 6.29 Å². The summed E-state index contributed by atoms with van der Waals surface area (Å²) in [5.74, 6) is 0.484. The maximum absolute atomic E-state index is 10.9. The fourth-order valence-electron chi connectivity index (χ4n) is 1.78. The van der Waals surface area contributed by atoms with Crippen molar-refractivity contribution in [2.75, 3.05) is 44.7 Å². The predicted octanol–water partition coefficient (Wildman–Crippen LogP) is 0.687. The molecule has 0 unspecified atom stereocenters. The summed E-state index contributed by atoms with van der Waals surface area (Å²) in [6.45, 7) is 5.01. The first-order valence-electron chi connectivity index (χ1n) is 5.81. The fourth-order valence-corrected chi connectivity index (χ4v) is 1.95. The quantitative estimate of drug-likeness (QED) is 0.627. The topological polar surface area (TPSA) is 67.4 Å². The molecule has 7 heteroatoms. The highest BCUT2D eigenvalue weighted by Gasteiger charge is 2.11. The summed E-state index contributed by atoms with van der Waals surface area (Å²) in [5.41, 5.74) is 0.307. The summed E-state index contributed by atoms with van der Waals surface area (Å²) in [6, 6.07) is 0. The Morgan fingerprint density at radius 2 is 2.22 bits per heavy atom. The average molecular weight is 271 g/mol. The molecule has 0 aromatic carbocycles. The number of anilines is 1. The number of nitrogens with one attached hydrogen (secondary N) is 1. The lowest BCUT2D eigenvalue weighted by atomic mass is 10.3. The fraction of sp³-hybridized carbons (Fsp3) is 0.545. The molecule has 1 aromatic heterocycles. The Morgan fingerprint density at radius 3 is 2.94 bits per heavy atom. The smallest absolute Gasteiger partial charge is 0.156 e. The van der Waals surface area contributed by atoms with Gasteiger partial charge in [0.25, 0.3) is 0 Å². The van der Waals surface area contributed by atoms with E-state index in [9.17, 15) is 4.79 Å². The van der Waals surface area contributed by atoms with E-state index in [1.165, 1.54) is 6.33 Å². The van der Waals surface area contributed by atoms with E-state index in [2.05, 4.69) is 20.2 Å². The van der Waals surface area contributed by atoms with Crippen molar-refractivity contribution in [3.63, 3.8) is 0 Å². The van der Waals surface area contributed by atoms with Gasteiger partial charge < -0.3 is 10.1 Å². The largest absolute Gasteiger partial charge is 0.379 e. The molecule has 2 rings (SSSR count). The predicted molar refractivity (Wildman–Crippen MR) is 68.2 cm³/mol. The first kappa shape index (κ1) is 13.2. The van der Waals surface area contributed by atoms with Crippen molar-refractivity contribution >= 4 is 23.7 Å². The molecule has 0 saturated carbocycles. The second kappa shape index (κ2) is 6.63. The first-order chi connectivity index (χ1) is 8.81. The molecule has 0 atom stereocenters. The number of morpholine rings is 1. The molecule has 0 spiro atoms. The van der Waals surface area contributed by atoms with Crippen LogP contribution in [0.2, 0.25) is 5.15 Å². The van der Waals surface area contributed by atoms with Crippen LogP contribution in [-0.2, 0) is 4.74 Å². The van der Waals surface area contributed by atoms with E-state index in [1.807, 2.05) is 0 Å². The standard InChI is InChI=1S/C11H15ClN4O2/c12-10-9(7-17)11(15-8-14-10)13-1-2-16-3-5-18-6-4-16/h7-8H,1-6H2,(H,13,14,15). The summed E-state index contributed by atoms with van der Waals surface area (Å²) in [4.78, 5) is 20.9. The third-order valence-electron chi connectivity index (χ3n) is 2.78. The van der Waals surface area contributed by atoms with E-state index < -0.39 is 0 Å². The van der Waals surface area contributed by atoms with Crippen molar-refractivity contribution in [2.45, 2.75) is 0 Å². The Balaban J connectivity index is 1.86. The Hall–Kier alpha value is -1.24. The number of nitrogens with zero attached hydrogens (tertiary/aromatic N) is 3. The Bertz CT molecular complexity index is 410. The zero-order chi connectivity index (χ0) is 12.8. The van der Waals surface area contributed by atoms with Gasteiger partial charge in [-0.25, -0.2) is 9.97 Å². The number of hydrogen-bond acceptors (Lipinski definition) is 6. The zero-order valence-corrected chi connectivity index (χ0v) is 10.7. The van der Waals surface area contributed by atoms with Crippen LogP contribution in [0.25, 0.3) is 0 Å². The number of rotatable bonds is 5. The van der Waals surface area contributed by atoms with Gasteiger partial charge in [-0.05, 0) is 0 Å². The molecule has 0 amide bonds. The Morgan fingerprint density at radius 1 is 1.44 bits per heavy atom. The highest BCUT2D eigenvalue weighted by atomic mass is 35.5. The molecule has 18 heavy (non-hydrogen) atoms. The van der Waals surface area contributed by atoms with E-state index in [1.54, 1.807) is 0 Å². The van der Waals surface area contributed by atoms with Crippen molar-refractivity contribution in [2.24, 2.45) is 0 Å². The molecular formula is C11H15ClN4O2. The van der Waals surface area contributed by atoms with E-state index in [4.69, 9.17) is 16.3 Å². The van der Waals surface area contributed by atoms with Gasteiger partial charge in [0.1, 0.15) is 17.3 Å². The highest BCUT2D eigenvalue weighted by molar-refractivity contribution is 6.32. The van der Waals surface area contributed by atoms with E-state index >= 15 is 0 Å². The van der Waals surface area contributed by atoms with Crippen LogP contribution in [0.4, 0.5) is 5.82 Å². The number of carbonyl (C=O) groups excluding carboxylic acids is 1. The van der Waals surface area contributed by atoms with Crippen LogP contribution in [0.3, 0.4) is 0 Å². The molecule has 1 saturated heterocycles. The van der Waals surface area contributed by atoms with Gasteiger partial charge in [0, 0.05) is 26.2 Å². The summed E-state index contributed by atoms with van der Waals surface area (Å²) in [5, 5.41) is 3.28. The molecule has 1 N–H and O–H groups in total. The van der Waals surface area contributed by atoms with Gasteiger partial charge in [-0.1, -0.05) is 11.6 Å². The van der Waals surface area contributed by atoms with Crippen molar-refractivity contribution in [3.05, 3.63) is 17.0 Å². The van der Waals surface area contributed by atoms with Crippen LogP contribution < -0.4 is 5.32 Å². The van der Waals surface area contributed by atoms with Crippen LogP contribution in [0, 0.1) is 0 Å². The van der Waals surface area contributed by atoms with Gasteiger partial charge >= 0.3 is 0 Å². The van der Waals surface area contributed by atoms with Crippen molar-refractivity contribution in [1.82, 2.24) is 14.9 Å². The molecule has 6 nitrogen and oxygen atoms in total. The third kappa shape index (κ3) is 3.38. The van der Waals surface area contributed by atoms with Gasteiger partial charge in [-0.3, -0.25) is 9.69 Å². The van der Waals surface area contributed by atoms with E-state index in [-0.39, 0.29) is 5.15 Å². The number of halogens is 1. The monoisotopic (exact) mass is 270 g/mol. The Kier molecular flexibility index (Phi) is 4.86. The van der Waals surface area contributed by atoms with E-state index in [0.29, 0.717) is 24.2 Å². The Labute approximate surface area is 110 Å². The van der Waals surface area contributed by atoms with E-state index in [0.717, 1.165) is 32.8 Å². The van der Waals surface area contributed by atoms with Crippen molar-refractivity contribution in [1.29, 1.82) is 0 Å². The number of ether oxygens (including phenoxy) is 1. The lowest BCUT2D eigenvalue weighted by Gasteiger charge is -2.26. The summed E-state index contributed by atoms with van der Waals surface area (Å²) in [7, 11) is 0. The minimum Gasteiger partial charge on any atom is -0.379 e. The van der Waals surface area contributed by atoms with Crippen LogP contribution in [-0.4, -0.2) is 60.5 Å². The van der Waals surface area contributed by atoms with Gasteiger partial charge in [0.2, 0.25) is 0 Å². The first-order valence-corrected chi connectivity index (χ1v) is 6.18. The zero-order valence-electron chi connectivity index (χ0n) is 9.93. The second-order valence-electron chi connectivity index (χ2n) is 3.93. The maximum Gasteiger partial charge on any atom is 0.156 e. The lowest BCUT2D eigenvalue weighted by Crippen LogP contribution is -2.39. The number of aldehydes is 1. The minimum atomic E-state index is 0.175. The molecule has 1 aromatic rings. The van der Waals surface area contributed by atoms with Crippen molar-refractivity contribution < 1.29 is 9.53 Å².